The third kappa shape index (κ3) is 5.24. The monoisotopic (exact) mass is 223 g/mol. The molecular formula is C12H23N4+. The van der Waals surface area contributed by atoms with Crippen molar-refractivity contribution < 1.29 is 0 Å². The summed E-state index contributed by atoms with van der Waals surface area (Å²) >= 11 is 0. The fourth-order valence-electron chi connectivity index (χ4n) is 1.65. The Kier molecular flexibility index (Phi) is 6.05. The van der Waals surface area contributed by atoms with E-state index in [1.54, 1.807) is 0 Å². The summed E-state index contributed by atoms with van der Waals surface area (Å²) < 4.78 is 4.22. The molecule has 0 N–H and O–H groups in total. The lowest BCUT2D eigenvalue weighted by molar-refractivity contribution is 0.170. The smallest absolute Gasteiger partial charge is 0.304 e. The second-order valence-electron chi connectivity index (χ2n) is 4.41. The summed E-state index contributed by atoms with van der Waals surface area (Å²) in [6.45, 7) is 10.5. The molecule has 0 unspecified atom stereocenters. The molecule has 0 atom stereocenters. The highest BCUT2D eigenvalue weighted by atomic mass is 15.2. The van der Waals surface area contributed by atoms with Crippen molar-refractivity contribution in [1.82, 2.24) is 14.5 Å². The number of likely N-dealkylation sites (N-methyl/N-ethyl adjacent to an activating group) is 1. The summed E-state index contributed by atoms with van der Waals surface area (Å²) in [6.07, 6.45) is 1.06. The van der Waals surface area contributed by atoms with Crippen molar-refractivity contribution in [1.29, 1.82) is 0 Å². The van der Waals surface area contributed by atoms with Gasteiger partial charge in [-0.25, -0.2) is 0 Å². The average molecular weight is 223 g/mol. The maximum Gasteiger partial charge on any atom is 0.422 e. The van der Waals surface area contributed by atoms with Gasteiger partial charge >= 0.3 is 6.01 Å². The van der Waals surface area contributed by atoms with Gasteiger partial charge in [-0.3, -0.25) is 4.90 Å². The molecule has 0 bridgehead atoms. The van der Waals surface area contributed by atoms with E-state index in [4.69, 9.17) is 0 Å². The largest absolute Gasteiger partial charge is 0.422 e. The number of nitrogens with zero attached hydrogens (tertiary/aromatic N) is 4. The van der Waals surface area contributed by atoms with Crippen LogP contribution in [-0.2, 0) is 0 Å². The maximum atomic E-state index is 4.22. The highest BCUT2D eigenvalue weighted by Gasteiger charge is 2.15. The zero-order valence-corrected chi connectivity index (χ0v) is 10.7. The van der Waals surface area contributed by atoms with Crippen LogP contribution in [0, 0.1) is 0 Å². The summed E-state index contributed by atoms with van der Waals surface area (Å²) in [5, 5.41) is 0. The van der Waals surface area contributed by atoms with E-state index in [-0.39, 0.29) is 0 Å². The van der Waals surface area contributed by atoms with Crippen molar-refractivity contribution in [3.8, 4) is 0 Å². The lowest BCUT2D eigenvalue weighted by Gasteiger charge is -2.31. The van der Waals surface area contributed by atoms with Crippen molar-refractivity contribution in [3.63, 3.8) is 0 Å². The van der Waals surface area contributed by atoms with E-state index in [0.717, 1.165) is 51.4 Å². The molecule has 0 spiro atoms. The summed E-state index contributed by atoms with van der Waals surface area (Å²) in [4.78, 5) is 8.86. The van der Waals surface area contributed by atoms with Gasteiger partial charge in [0.1, 0.15) is 6.54 Å². The van der Waals surface area contributed by atoms with Gasteiger partial charge in [0.15, 0.2) is 0 Å². The van der Waals surface area contributed by atoms with Crippen LogP contribution in [0.4, 0.5) is 0 Å². The first kappa shape index (κ1) is 13.1. The standard InChI is InChI=1S/C12H23N4/c1-4-5-13-11-14-12(2)10-16-8-6-15(3)7-9-16/h4-10H2,1-3H3/q+1. The number of aliphatic imine (C=N–C) groups is 1. The molecule has 0 aromatic rings. The molecule has 16 heavy (non-hydrogen) atoms. The molecule has 4 nitrogen and oxygen atoms in total. The second kappa shape index (κ2) is 7.37. The number of piperazine rings is 1. The van der Waals surface area contributed by atoms with Crippen molar-refractivity contribution in [2.75, 3.05) is 46.3 Å². The Balaban J connectivity index is 2.39. The molecule has 0 saturated carbocycles. The van der Waals surface area contributed by atoms with Crippen molar-refractivity contribution >= 4 is 11.7 Å². The van der Waals surface area contributed by atoms with Crippen LogP contribution in [0.2, 0.25) is 0 Å². The molecule has 1 aliphatic rings. The van der Waals surface area contributed by atoms with E-state index in [0.29, 0.717) is 0 Å². The first-order valence-corrected chi connectivity index (χ1v) is 6.08. The van der Waals surface area contributed by atoms with Crippen LogP contribution < -0.4 is 4.67 Å². The fraction of sp³-hybridized carbons (Fsp3) is 0.833. The molecule has 1 aliphatic heterocycles. The van der Waals surface area contributed by atoms with Crippen LogP contribution in [0.15, 0.2) is 4.99 Å². The third-order valence-corrected chi connectivity index (χ3v) is 2.70. The van der Waals surface area contributed by atoms with Gasteiger partial charge in [-0.05, 0) is 18.5 Å². The van der Waals surface area contributed by atoms with Crippen molar-refractivity contribution in [3.05, 3.63) is 0 Å². The van der Waals surface area contributed by atoms with Crippen molar-refractivity contribution in [2.45, 2.75) is 20.3 Å². The SMILES string of the molecule is CCCN=C=[N+]=C(C)CN1CCN(C)CC1. The Bertz CT molecular complexity index is 290. The Hall–Kier alpha value is -0.920. The number of hydrogen-bond donors (Lipinski definition) is 0. The number of hydrogen-bond acceptors (Lipinski definition) is 3. The highest BCUT2D eigenvalue weighted by molar-refractivity contribution is 5.84. The minimum Gasteiger partial charge on any atom is -0.304 e. The Morgan fingerprint density at radius 1 is 1.31 bits per heavy atom. The van der Waals surface area contributed by atoms with E-state index in [1.165, 1.54) is 0 Å². The topological polar surface area (TPSA) is 32.9 Å². The third-order valence-electron chi connectivity index (χ3n) is 2.70. The van der Waals surface area contributed by atoms with Gasteiger partial charge in [0, 0.05) is 33.1 Å². The Morgan fingerprint density at radius 3 is 2.62 bits per heavy atom. The zero-order valence-electron chi connectivity index (χ0n) is 10.7. The van der Waals surface area contributed by atoms with E-state index < -0.39 is 0 Å². The van der Waals surface area contributed by atoms with Gasteiger partial charge in [-0.15, -0.1) is 0 Å². The van der Waals surface area contributed by atoms with Crippen LogP contribution in [0.1, 0.15) is 20.3 Å². The fourth-order valence-corrected chi connectivity index (χ4v) is 1.65. The van der Waals surface area contributed by atoms with Crippen molar-refractivity contribution in [2.24, 2.45) is 4.99 Å². The van der Waals surface area contributed by atoms with Gasteiger partial charge in [-0.2, -0.15) is 4.67 Å². The molecule has 1 heterocycles. The predicted octanol–water partition coefficient (Wildman–Crippen LogP) is 0.346. The minimum absolute atomic E-state index is 0.825. The lowest BCUT2D eigenvalue weighted by atomic mass is 10.3. The van der Waals surface area contributed by atoms with E-state index in [1.807, 2.05) is 6.92 Å². The van der Waals surface area contributed by atoms with E-state index in [9.17, 15) is 0 Å². The highest BCUT2D eigenvalue weighted by Crippen LogP contribution is 1.97. The zero-order chi connectivity index (χ0) is 11.8. The molecule has 1 saturated heterocycles. The van der Waals surface area contributed by atoms with Crippen LogP contribution in [-0.4, -0.2) is 67.8 Å². The molecular weight excluding hydrogens is 200 g/mol. The molecule has 90 valence electrons. The van der Waals surface area contributed by atoms with Gasteiger partial charge in [0.05, 0.1) is 6.54 Å². The molecule has 0 aromatic carbocycles. The molecule has 0 aromatic heterocycles. The van der Waals surface area contributed by atoms with Crippen LogP contribution in [0.25, 0.3) is 0 Å². The summed E-state index contributed by atoms with van der Waals surface area (Å²) in [5.74, 6) is 0. The first-order valence-electron chi connectivity index (χ1n) is 6.08. The summed E-state index contributed by atoms with van der Waals surface area (Å²) in [6, 6.07) is 2.76. The van der Waals surface area contributed by atoms with Crippen LogP contribution in [0.5, 0.6) is 0 Å². The predicted molar refractivity (Wildman–Crippen MR) is 69.3 cm³/mol. The average Bonchev–Trinajstić information content (AvgIpc) is 2.28. The molecule has 1 rings (SSSR count). The first-order chi connectivity index (χ1) is 7.72. The summed E-state index contributed by atoms with van der Waals surface area (Å²) in [5.41, 5.74) is 1.10. The van der Waals surface area contributed by atoms with E-state index >= 15 is 0 Å². The number of rotatable bonds is 4. The maximum absolute atomic E-state index is 4.22. The molecule has 0 radical (unpaired) electrons. The van der Waals surface area contributed by atoms with Gasteiger partial charge < -0.3 is 4.90 Å². The quantitative estimate of drug-likeness (QED) is 0.509. The van der Waals surface area contributed by atoms with Gasteiger partial charge in [-0.1, -0.05) is 6.92 Å². The van der Waals surface area contributed by atoms with Crippen LogP contribution >= 0.6 is 0 Å². The Morgan fingerprint density at radius 2 is 2.00 bits per heavy atom. The van der Waals surface area contributed by atoms with Gasteiger partial charge in [0.25, 0.3) is 0 Å². The molecule has 0 amide bonds. The molecule has 1 fully saturated rings. The van der Waals surface area contributed by atoms with E-state index in [2.05, 4.69) is 39.4 Å². The lowest BCUT2D eigenvalue weighted by Crippen LogP contribution is -2.46. The Labute approximate surface area is 98.4 Å². The molecule has 4 heteroatoms. The second-order valence-corrected chi connectivity index (χ2v) is 4.41. The van der Waals surface area contributed by atoms with Crippen LogP contribution in [0.3, 0.4) is 0 Å². The minimum atomic E-state index is 0.825. The summed E-state index contributed by atoms with van der Waals surface area (Å²) in [7, 11) is 2.17. The van der Waals surface area contributed by atoms with Gasteiger partial charge in [0.2, 0.25) is 5.71 Å². The normalized spacial score (nSPS) is 17.7. The molecule has 0 aliphatic carbocycles.